The van der Waals surface area contributed by atoms with Crippen molar-refractivity contribution >= 4 is 29.2 Å². The van der Waals surface area contributed by atoms with Crippen LogP contribution in [0, 0.1) is 0 Å². The second-order valence-corrected chi connectivity index (χ2v) is 3.95. The Balaban J connectivity index is 2.50. The highest BCUT2D eigenvalue weighted by Gasteiger charge is 2.09. The molecule has 0 aliphatic rings. The molecule has 4 nitrogen and oxygen atoms in total. The first-order valence-electron chi connectivity index (χ1n) is 4.39. The SMILES string of the molecule is NC(=O)n1ccc(-c2cc(Cl)ccc2Cl)n1. The van der Waals surface area contributed by atoms with Crippen molar-refractivity contribution in [3.8, 4) is 11.3 Å². The van der Waals surface area contributed by atoms with Gasteiger partial charge in [0.05, 0.1) is 10.7 Å². The molecule has 0 atom stereocenters. The summed E-state index contributed by atoms with van der Waals surface area (Å²) in [5.41, 5.74) is 6.28. The van der Waals surface area contributed by atoms with Gasteiger partial charge < -0.3 is 5.73 Å². The van der Waals surface area contributed by atoms with Gasteiger partial charge in [0.25, 0.3) is 0 Å². The van der Waals surface area contributed by atoms with Crippen molar-refractivity contribution in [3.05, 3.63) is 40.5 Å². The van der Waals surface area contributed by atoms with Crippen LogP contribution in [0.15, 0.2) is 30.5 Å². The molecular formula is C10H7Cl2N3O. The first-order chi connectivity index (χ1) is 7.58. The van der Waals surface area contributed by atoms with Crippen molar-refractivity contribution in [1.82, 2.24) is 9.78 Å². The number of nitrogens with two attached hydrogens (primary N) is 1. The second-order valence-electron chi connectivity index (χ2n) is 3.11. The Kier molecular flexibility index (Phi) is 2.85. The zero-order valence-electron chi connectivity index (χ0n) is 8.02. The van der Waals surface area contributed by atoms with E-state index in [0.29, 0.717) is 21.3 Å². The van der Waals surface area contributed by atoms with Crippen LogP contribution in [0.5, 0.6) is 0 Å². The third kappa shape index (κ3) is 2.03. The van der Waals surface area contributed by atoms with Crippen molar-refractivity contribution in [2.24, 2.45) is 5.73 Å². The van der Waals surface area contributed by atoms with E-state index in [1.807, 2.05) is 0 Å². The van der Waals surface area contributed by atoms with Crippen molar-refractivity contribution in [2.75, 3.05) is 0 Å². The minimum Gasteiger partial charge on any atom is -0.350 e. The van der Waals surface area contributed by atoms with Crippen LogP contribution in [0.1, 0.15) is 0 Å². The summed E-state index contributed by atoms with van der Waals surface area (Å²) in [6, 6.07) is 6.02. The predicted molar refractivity (Wildman–Crippen MR) is 62.7 cm³/mol. The van der Waals surface area contributed by atoms with E-state index in [2.05, 4.69) is 5.10 Å². The molecule has 0 radical (unpaired) electrons. The van der Waals surface area contributed by atoms with Gasteiger partial charge in [0.15, 0.2) is 0 Å². The third-order valence-electron chi connectivity index (χ3n) is 2.02. The number of hydrogen-bond donors (Lipinski definition) is 1. The average molecular weight is 256 g/mol. The summed E-state index contributed by atoms with van der Waals surface area (Å²) >= 11 is 11.8. The first kappa shape index (κ1) is 11.0. The Morgan fingerprint density at radius 1 is 1.31 bits per heavy atom. The van der Waals surface area contributed by atoms with E-state index in [1.165, 1.54) is 6.20 Å². The molecule has 1 amide bonds. The molecule has 0 spiro atoms. The fourth-order valence-corrected chi connectivity index (χ4v) is 1.67. The van der Waals surface area contributed by atoms with Gasteiger partial charge >= 0.3 is 6.03 Å². The molecule has 2 aromatic rings. The molecule has 2 rings (SSSR count). The van der Waals surface area contributed by atoms with Gasteiger partial charge in [0.1, 0.15) is 0 Å². The van der Waals surface area contributed by atoms with E-state index in [0.717, 1.165) is 4.68 Å². The van der Waals surface area contributed by atoms with Crippen LogP contribution in [0.25, 0.3) is 11.3 Å². The van der Waals surface area contributed by atoms with Crippen LogP contribution in [0.2, 0.25) is 10.0 Å². The number of rotatable bonds is 1. The molecule has 0 aliphatic heterocycles. The van der Waals surface area contributed by atoms with Crippen LogP contribution in [0.3, 0.4) is 0 Å². The molecule has 82 valence electrons. The maximum Gasteiger partial charge on any atom is 0.339 e. The van der Waals surface area contributed by atoms with E-state index >= 15 is 0 Å². The van der Waals surface area contributed by atoms with Gasteiger partial charge in [-0.05, 0) is 24.3 Å². The Hall–Kier alpha value is -1.52. The zero-order chi connectivity index (χ0) is 11.7. The molecule has 0 aliphatic carbocycles. The summed E-state index contributed by atoms with van der Waals surface area (Å²) in [5, 5.41) is 5.04. The molecule has 6 heteroatoms. The number of carbonyl (C=O) groups excluding carboxylic acids is 1. The normalized spacial score (nSPS) is 10.4. The lowest BCUT2D eigenvalue weighted by molar-refractivity contribution is 0.248. The van der Waals surface area contributed by atoms with E-state index in [9.17, 15) is 4.79 Å². The van der Waals surface area contributed by atoms with Crippen molar-refractivity contribution < 1.29 is 4.79 Å². The van der Waals surface area contributed by atoms with Gasteiger partial charge in [-0.3, -0.25) is 0 Å². The average Bonchev–Trinajstić information content (AvgIpc) is 2.70. The highest BCUT2D eigenvalue weighted by Crippen LogP contribution is 2.29. The number of benzene rings is 1. The number of halogens is 2. The lowest BCUT2D eigenvalue weighted by atomic mass is 10.1. The number of aromatic nitrogens is 2. The highest BCUT2D eigenvalue weighted by molar-refractivity contribution is 6.35. The van der Waals surface area contributed by atoms with Gasteiger partial charge in [-0.25, -0.2) is 4.79 Å². The lowest BCUT2D eigenvalue weighted by Crippen LogP contribution is -2.19. The van der Waals surface area contributed by atoms with E-state index in [-0.39, 0.29) is 0 Å². The summed E-state index contributed by atoms with van der Waals surface area (Å²) in [4.78, 5) is 10.9. The van der Waals surface area contributed by atoms with E-state index in [1.54, 1.807) is 24.3 Å². The molecule has 0 fully saturated rings. The van der Waals surface area contributed by atoms with Crippen LogP contribution in [0.4, 0.5) is 4.79 Å². The zero-order valence-corrected chi connectivity index (χ0v) is 9.53. The summed E-state index contributed by atoms with van der Waals surface area (Å²) in [6.45, 7) is 0. The molecule has 2 N–H and O–H groups in total. The standard InChI is InChI=1S/C10H7Cl2N3O/c11-6-1-2-8(12)7(5-6)9-3-4-15(14-9)10(13)16/h1-5H,(H2,13,16). The maximum absolute atomic E-state index is 10.9. The molecule has 1 aromatic heterocycles. The third-order valence-corrected chi connectivity index (χ3v) is 2.58. The summed E-state index contributed by atoms with van der Waals surface area (Å²) in [7, 11) is 0. The highest BCUT2D eigenvalue weighted by atomic mass is 35.5. The largest absolute Gasteiger partial charge is 0.350 e. The molecule has 0 saturated heterocycles. The summed E-state index contributed by atoms with van der Waals surface area (Å²) < 4.78 is 1.03. The predicted octanol–water partition coefficient (Wildman–Crippen LogP) is 2.78. The molecular weight excluding hydrogens is 249 g/mol. The Morgan fingerprint density at radius 2 is 2.06 bits per heavy atom. The van der Waals surface area contributed by atoms with Crippen molar-refractivity contribution in [1.29, 1.82) is 0 Å². The fourth-order valence-electron chi connectivity index (χ4n) is 1.28. The number of hydrogen-bond acceptors (Lipinski definition) is 2. The smallest absolute Gasteiger partial charge is 0.339 e. The van der Waals surface area contributed by atoms with E-state index < -0.39 is 6.03 Å². The van der Waals surface area contributed by atoms with Crippen molar-refractivity contribution in [3.63, 3.8) is 0 Å². The Labute approximate surface area is 102 Å². The number of nitrogens with zero attached hydrogens (tertiary/aromatic N) is 2. The van der Waals surface area contributed by atoms with Gasteiger partial charge in [0, 0.05) is 16.8 Å². The van der Waals surface area contributed by atoms with Gasteiger partial charge in [-0.1, -0.05) is 23.2 Å². The van der Waals surface area contributed by atoms with Gasteiger partial charge in [-0.2, -0.15) is 9.78 Å². The second kappa shape index (κ2) is 4.15. The molecule has 0 bridgehead atoms. The molecule has 1 heterocycles. The first-order valence-corrected chi connectivity index (χ1v) is 5.14. The number of primary amides is 1. The lowest BCUT2D eigenvalue weighted by Gasteiger charge is -2.00. The summed E-state index contributed by atoms with van der Waals surface area (Å²) in [5.74, 6) is 0. The van der Waals surface area contributed by atoms with Crippen LogP contribution >= 0.6 is 23.2 Å². The minimum absolute atomic E-state index is 0.513. The van der Waals surface area contributed by atoms with Gasteiger partial charge in [-0.15, -0.1) is 0 Å². The van der Waals surface area contributed by atoms with Crippen molar-refractivity contribution in [2.45, 2.75) is 0 Å². The molecule has 1 aromatic carbocycles. The van der Waals surface area contributed by atoms with Crippen LogP contribution in [-0.2, 0) is 0 Å². The van der Waals surface area contributed by atoms with Crippen LogP contribution < -0.4 is 5.73 Å². The monoisotopic (exact) mass is 255 g/mol. The fraction of sp³-hybridized carbons (Fsp3) is 0. The molecule has 16 heavy (non-hydrogen) atoms. The molecule has 0 saturated carbocycles. The quantitative estimate of drug-likeness (QED) is 0.852. The Bertz CT molecular complexity index is 551. The topological polar surface area (TPSA) is 60.9 Å². The minimum atomic E-state index is -0.649. The van der Waals surface area contributed by atoms with Gasteiger partial charge in [0.2, 0.25) is 0 Å². The Morgan fingerprint density at radius 3 is 2.69 bits per heavy atom. The number of amides is 1. The number of carbonyl (C=O) groups is 1. The molecule has 0 unspecified atom stereocenters. The van der Waals surface area contributed by atoms with E-state index in [4.69, 9.17) is 28.9 Å². The van der Waals surface area contributed by atoms with Crippen LogP contribution in [-0.4, -0.2) is 15.8 Å². The summed E-state index contributed by atoms with van der Waals surface area (Å²) in [6.07, 6.45) is 1.47. The maximum atomic E-state index is 10.9.